The second-order valence-corrected chi connectivity index (χ2v) is 7.45. The average molecular weight is 417 g/mol. The van der Waals surface area contributed by atoms with Gasteiger partial charge in [-0.1, -0.05) is 18.9 Å². The van der Waals surface area contributed by atoms with E-state index >= 15 is 0 Å². The number of aromatic nitrogens is 4. The van der Waals surface area contributed by atoms with Crippen molar-refractivity contribution in [3.63, 3.8) is 0 Å². The van der Waals surface area contributed by atoms with Gasteiger partial charge in [0.25, 0.3) is 5.91 Å². The molecule has 158 valence electrons. The van der Waals surface area contributed by atoms with Crippen LogP contribution in [0.1, 0.15) is 41.6 Å². The van der Waals surface area contributed by atoms with Crippen LogP contribution in [0.2, 0.25) is 0 Å². The first-order valence-electron chi connectivity index (χ1n) is 10.1. The van der Waals surface area contributed by atoms with Gasteiger partial charge in [0.15, 0.2) is 0 Å². The lowest BCUT2D eigenvalue weighted by Gasteiger charge is -2.30. The summed E-state index contributed by atoms with van der Waals surface area (Å²) in [5.41, 5.74) is 13.6. The van der Waals surface area contributed by atoms with Crippen molar-refractivity contribution < 1.29 is 4.79 Å². The molecule has 1 aromatic carbocycles. The quantitative estimate of drug-likeness (QED) is 0.474. The highest BCUT2D eigenvalue weighted by molar-refractivity contribution is 5.99. The first-order valence-corrected chi connectivity index (χ1v) is 10.1. The number of nitriles is 1. The number of hydrogen-bond acceptors (Lipinski definition) is 8. The van der Waals surface area contributed by atoms with E-state index in [1.165, 1.54) is 10.9 Å². The topological polar surface area (TPSA) is 161 Å². The van der Waals surface area contributed by atoms with E-state index in [-0.39, 0.29) is 29.0 Å². The molecule has 2 heterocycles. The standard InChI is InChI=1S/C21H23N9O/c22-12-13-10-16(19(24)31)21(29-20(13)28-18-7-2-1-6-17(18)23)27-14-4-3-5-15(11-14)30-25-8-9-26-30/h3-5,8-11,17-18H,1-2,6-7,23H2,(H2,24,31)(H2,27,28,29)/t17-,18+/m0/s1. The molecule has 1 saturated carbocycles. The predicted octanol–water partition coefficient (Wildman–Crippen LogP) is 2.06. The maximum absolute atomic E-state index is 12.1. The lowest BCUT2D eigenvalue weighted by Crippen LogP contribution is -2.43. The molecule has 10 heteroatoms. The molecule has 6 N–H and O–H groups in total. The van der Waals surface area contributed by atoms with Gasteiger partial charge in [-0.15, -0.1) is 0 Å². The zero-order valence-electron chi connectivity index (χ0n) is 16.8. The maximum atomic E-state index is 12.1. The van der Waals surface area contributed by atoms with Gasteiger partial charge in [-0.25, -0.2) is 4.98 Å². The van der Waals surface area contributed by atoms with Gasteiger partial charge in [-0.2, -0.15) is 20.3 Å². The molecule has 31 heavy (non-hydrogen) atoms. The van der Waals surface area contributed by atoms with E-state index in [0.717, 1.165) is 31.4 Å². The van der Waals surface area contributed by atoms with Gasteiger partial charge in [0.1, 0.15) is 17.7 Å². The number of nitrogens with one attached hydrogen (secondary N) is 2. The monoisotopic (exact) mass is 417 g/mol. The zero-order chi connectivity index (χ0) is 21.8. The SMILES string of the molecule is N#Cc1cc(C(N)=O)c(Nc2cccc(-n3nccn3)c2)nc1N[C@@H]1CCCC[C@@H]1N. The Hall–Kier alpha value is -3.97. The van der Waals surface area contributed by atoms with E-state index < -0.39 is 5.91 Å². The first-order chi connectivity index (χ1) is 15.0. The molecule has 0 unspecified atom stereocenters. The van der Waals surface area contributed by atoms with E-state index in [1.54, 1.807) is 12.4 Å². The van der Waals surface area contributed by atoms with Gasteiger partial charge in [-0.3, -0.25) is 4.79 Å². The molecule has 0 spiro atoms. The highest BCUT2D eigenvalue weighted by Crippen LogP contribution is 2.27. The van der Waals surface area contributed by atoms with Crippen molar-refractivity contribution in [2.45, 2.75) is 37.8 Å². The number of nitrogens with two attached hydrogens (primary N) is 2. The second-order valence-electron chi connectivity index (χ2n) is 7.45. The number of rotatable bonds is 6. The lowest BCUT2D eigenvalue weighted by atomic mass is 9.91. The predicted molar refractivity (Wildman–Crippen MR) is 116 cm³/mol. The van der Waals surface area contributed by atoms with Crippen molar-refractivity contribution in [1.82, 2.24) is 20.0 Å². The Balaban J connectivity index is 1.68. The summed E-state index contributed by atoms with van der Waals surface area (Å²) in [6.45, 7) is 0. The number of hydrogen-bond donors (Lipinski definition) is 4. The minimum absolute atomic E-state index is 0.00912. The lowest BCUT2D eigenvalue weighted by molar-refractivity contribution is 0.100. The normalized spacial score (nSPS) is 18.2. The molecule has 0 saturated heterocycles. The van der Waals surface area contributed by atoms with Crippen molar-refractivity contribution in [2.75, 3.05) is 10.6 Å². The number of carbonyl (C=O) groups excluding carboxylic acids is 1. The summed E-state index contributed by atoms with van der Waals surface area (Å²) < 4.78 is 0. The summed E-state index contributed by atoms with van der Waals surface area (Å²) in [5.74, 6) is -0.0523. The molecular weight excluding hydrogens is 394 g/mol. The van der Waals surface area contributed by atoms with Gasteiger partial charge in [0.05, 0.1) is 29.2 Å². The fourth-order valence-electron chi connectivity index (χ4n) is 3.70. The summed E-state index contributed by atoms with van der Waals surface area (Å²) in [6.07, 6.45) is 7.13. The fraction of sp³-hybridized carbons (Fsp3) is 0.286. The third-order valence-electron chi connectivity index (χ3n) is 5.31. The number of carbonyl (C=O) groups is 1. The Morgan fingerprint density at radius 3 is 2.65 bits per heavy atom. The van der Waals surface area contributed by atoms with Crippen molar-refractivity contribution in [2.24, 2.45) is 11.5 Å². The van der Waals surface area contributed by atoms with Crippen molar-refractivity contribution >= 4 is 23.2 Å². The van der Waals surface area contributed by atoms with Gasteiger partial charge in [0.2, 0.25) is 0 Å². The van der Waals surface area contributed by atoms with Crippen LogP contribution in [-0.2, 0) is 0 Å². The maximum Gasteiger partial charge on any atom is 0.252 e. The van der Waals surface area contributed by atoms with Gasteiger partial charge in [0, 0.05) is 17.8 Å². The summed E-state index contributed by atoms with van der Waals surface area (Å²) in [5, 5.41) is 24.3. The van der Waals surface area contributed by atoms with Crippen LogP contribution in [0.3, 0.4) is 0 Å². The van der Waals surface area contributed by atoms with E-state index in [9.17, 15) is 10.1 Å². The summed E-state index contributed by atoms with van der Waals surface area (Å²) >= 11 is 0. The van der Waals surface area contributed by atoms with Crippen LogP contribution in [-0.4, -0.2) is 38.0 Å². The summed E-state index contributed by atoms with van der Waals surface area (Å²) in [6, 6.07) is 10.8. The number of anilines is 3. The molecule has 1 fully saturated rings. The number of primary amides is 1. The van der Waals surface area contributed by atoms with Gasteiger partial charge in [-0.05, 0) is 37.1 Å². The molecule has 1 amide bonds. The minimum Gasteiger partial charge on any atom is -0.365 e. The molecule has 1 aliphatic rings. The average Bonchev–Trinajstić information content (AvgIpc) is 3.31. The Morgan fingerprint density at radius 2 is 1.94 bits per heavy atom. The molecule has 0 bridgehead atoms. The molecule has 4 rings (SSSR count). The van der Waals surface area contributed by atoms with Crippen LogP contribution in [0.25, 0.3) is 5.69 Å². The van der Waals surface area contributed by atoms with E-state index in [4.69, 9.17) is 11.5 Å². The Morgan fingerprint density at radius 1 is 1.16 bits per heavy atom. The van der Waals surface area contributed by atoms with Gasteiger partial charge < -0.3 is 22.1 Å². The number of benzene rings is 1. The largest absolute Gasteiger partial charge is 0.365 e. The third kappa shape index (κ3) is 4.46. The molecular formula is C21H23N9O. The number of pyridine rings is 1. The van der Waals surface area contributed by atoms with Crippen LogP contribution < -0.4 is 22.1 Å². The molecule has 0 aliphatic heterocycles. The molecule has 0 radical (unpaired) electrons. The Kier molecular flexibility index (Phi) is 5.77. The second kappa shape index (κ2) is 8.81. The number of amides is 1. The van der Waals surface area contributed by atoms with Crippen molar-refractivity contribution in [3.05, 3.63) is 53.9 Å². The Bertz CT molecular complexity index is 1120. The Labute approximate surface area is 179 Å². The van der Waals surface area contributed by atoms with E-state index in [1.807, 2.05) is 24.3 Å². The van der Waals surface area contributed by atoms with Crippen LogP contribution in [0, 0.1) is 11.3 Å². The van der Waals surface area contributed by atoms with Crippen molar-refractivity contribution in [3.8, 4) is 11.8 Å². The van der Waals surface area contributed by atoms with E-state index in [2.05, 4.69) is 31.9 Å². The minimum atomic E-state index is -0.683. The molecule has 1 aliphatic carbocycles. The van der Waals surface area contributed by atoms with Crippen LogP contribution in [0.5, 0.6) is 0 Å². The molecule has 10 nitrogen and oxygen atoms in total. The fourth-order valence-corrected chi connectivity index (χ4v) is 3.70. The smallest absolute Gasteiger partial charge is 0.252 e. The van der Waals surface area contributed by atoms with Crippen molar-refractivity contribution in [1.29, 1.82) is 5.26 Å². The first kappa shape index (κ1) is 20.3. The third-order valence-corrected chi connectivity index (χ3v) is 5.31. The highest BCUT2D eigenvalue weighted by atomic mass is 16.1. The van der Waals surface area contributed by atoms with Crippen LogP contribution in [0.4, 0.5) is 17.3 Å². The zero-order valence-corrected chi connectivity index (χ0v) is 16.8. The molecule has 2 aromatic heterocycles. The van der Waals surface area contributed by atoms with Crippen LogP contribution in [0.15, 0.2) is 42.7 Å². The summed E-state index contributed by atoms with van der Waals surface area (Å²) in [7, 11) is 0. The van der Waals surface area contributed by atoms with Gasteiger partial charge >= 0.3 is 0 Å². The molecule has 3 aromatic rings. The highest BCUT2D eigenvalue weighted by Gasteiger charge is 2.24. The van der Waals surface area contributed by atoms with Crippen LogP contribution >= 0.6 is 0 Å². The van der Waals surface area contributed by atoms with E-state index in [0.29, 0.717) is 11.5 Å². The summed E-state index contributed by atoms with van der Waals surface area (Å²) in [4.78, 5) is 18.1. The number of nitrogens with zero attached hydrogens (tertiary/aromatic N) is 5. The molecule has 2 atom stereocenters.